The summed E-state index contributed by atoms with van der Waals surface area (Å²) in [5.41, 5.74) is -0.521. The molecule has 1 heterocycles. The molecule has 20 heavy (non-hydrogen) atoms. The fourth-order valence-corrected chi connectivity index (χ4v) is 2.48. The Labute approximate surface area is 119 Å². The minimum Gasteiger partial charge on any atom is -0.481 e. The third-order valence-electron chi connectivity index (χ3n) is 3.50. The predicted molar refractivity (Wildman–Crippen MR) is 73.3 cm³/mol. The van der Waals surface area contributed by atoms with Crippen LogP contribution in [0.2, 0.25) is 0 Å². The van der Waals surface area contributed by atoms with Gasteiger partial charge in [0.1, 0.15) is 0 Å². The van der Waals surface area contributed by atoms with E-state index in [1.54, 1.807) is 18.7 Å². The highest BCUT2D eigenvalue weighted by molar-refractivity contribution is 5.78. The van der Waals surface area contributed by atoms with Crippen LogP contribution in [0.5, 0.6) is 0 Å². The molecule has 0 aromatic rings. The van der Waals surface area contributed by atoms with E-state index >= 15 is 0 Å². The lowest BCUT2D eigenvalue weighted by molar-refractivity contribution is -0.141. The highest BCUT2D eigenvalue weighted by atomic mass is 16.5. The van der Waals surface area contributed by atoms with Crippen molar-refractivity contribution in [2.24, 2.45) is 5.41 Å². The van der Waals surface area contributed by atoms with Gasteiger partial charge in [-0.15, -0.1) is 0 Å². The zero-order chi connectivity index (χ0) is 15.2. The number of hydrogen-bond acceptors (Lipinski definition) is 4. The SMILES string of the molecule is CC(C)(CC(=O)O)CC(=O)N1CCC(OCCO)CC1. The summed E-state index contributed by atoms with van der Waals surface area (Å²) < 4.78 is 5.45. The van der Waals surface area contributed by atoms with E-state index in [1.807, 2.05) is 0 Å². The van der Waals surface area contributed by atoms with Gasteiger partial charge in [-0.1, -0.05) is 13.8 Å². The Morgan fingerprint density at radius 2 is 1.85 bits per heavy atom. The van der Waals surface area contributed by atoms with Crippen molar-refractivity contribution >= 4 is 11.9 Å². The molecule has 6 heteroatoms. The monoisotopic (exact) mass is 287 g/mol. The normalized spacial score (nSPS) is 17.2. The van der Waals surface area contributed by atoms with Crippen LogP contribution in [-0.4, -0.2) is 59.4 Å². The van der Waals surface area contributed by atoms with Crippen molar-refractivity contribution in [3.8, 4) is 0 Å². The van der Waals surface area contributed by atoms with Gasteiger partial charge in [0.15, 0.2) is 0 Å². The molecule has 0 bridgehead atoms. The van der Waals surface area contributed by atoms with Crippen LogP contribution in [0.25, 0.3) is 0 Å². The smallest absolute Gasteiger partial charge is 0.303 e. The van der Waals surface area contributed by atoms with E-state index in [2.05, 4.69) is 0 Å². The molecule has 1 amide bonds. The van der Waals surface area contributed by atoms with E-state index < -0.39 is 11.4 Å². The molecule has 0 aromatic carbocycles. The zero-order valence-electron chi connectivity index (χ0n) is 12.3. The van der Waals surface area contributed by atoms with Gasteiger partial charge in [0.05, 0.1) is 25.7 Å². The minimum atomic E-state index is -0.876. The average Bonchev–Trinajstić information content (AvgIpc) is 2.34. The van der Waals surface area contributed by atoms with Crippen molar-refractivity contribution in [1.29, 1.82) is 0 Å². The Bertz CT molecular complexity index is 334. The number of aliphatic hydroxyl groups excluding tert-OH is 1. The molecular weight excluding hydrogens is 262 g/mol. The lowest BCUT2D eigenvalue weighted by Crippen LogP contribution is -2.42. The third kappa shape index (κ3) is 5.88. The maximum atomic E-state index is 12.2. The van der Waals surface area contributed by atoms with Gasteiger partial charge in [-0.25, -0.2) is 0 Å². The molecular formula is C14H25NO5. The van der Waals surface area contributed by atoms with E-state index in [-0.39, 0.29) is 31.5 Å². The Morgan fingerprint density at radius 3 is 2.35 bits per heavy atom. The van der Waals surface area contributed by atoms with E-state index in [1.165, 1.54) is 0 Å². The maximum absolute atomic E-state index is 12.2. The topological polar surface area (TPSA) is 87.1 Å². The van der Waals surface area contributed by atoms with Gasteiger partial charge in [-0.05, 0) is 18.3 Å². The lowest BCUT2D eigenvalue weighted by atomic mass is 9.85. The fraction of sp³-hybridized carbons (Fsp3) is 0.857. The third-order valence-corrected chi connectivity index (χ3v) is 3.50. The molecule has 1 saturated heterocycles. The quantitative estimate of drug-likeness (QED) is 0.725. The van der Waals surface area contributed by atoms with Gasteiger partial charge in [-0.2, -0.15) is 0 Å². The summed E-state index contributed by atoms with van der Waals surface area (Å²) >= 11 is 0. The summed E-state index contributed by atoms with van der Waals surface area (Å²) in [6.45, 7) is 5.23. The minimum absolute atomic E-state index is 0.00514. The van der Waals surface area contributed by atoms with Gasteiger partial charge < -0.3 is 19.8 Å². The van der Waals surface area contributed by atoms with E-state index in [0.29, 0.717) is 19.7 Å². The fourth-order valence-electron chi connectivity index (χ4n) is 2.48. The number of ether oxygens (including phenoxy) is 1. The summed E-state index contributed by atoms with van der Waals surface area (Å²) in [5.74, 6) is -0.865. The van der Waals surface area contributed by atoms with Crippen molar-refractivity contribution in [3.05, 3.63) is 0 Å². The first-order chi connectivity index (χ1) is 9.34. The molecule has 1 rings (SSSR count). The van der Waals surface area contributed by atoms with Crippen LogP contribution in [0.3, 0.4) is 0 Å². The second-order valence-electron chi connectivity index (χ2n) is 6.09. The lowest BCUT2D eigenvalue weighted by Gasteiger charge is -2.34. The van der Waals surface area contributed by atoms with Crippen molar-refractivity contribution in [2.45, 2.75) is 45.6 Å². The number of carbonyl (C=O) groups is 2. The number of likely N-dealkylation sites (tertiary alicyclic amines) is 1. The Morgan fingerprint density at radius 1 is 1.25 bits per heavy atom. The predicted octanol–water partition coefficient (Wildman–Crippen LogP) is 0.877. The van der Waals surface area contributed by atoms with E-state index in [4.69, 9.17) is 14.9 Å². The van der Waals surface area contributed by atoms with Gasteiger partial charge in [0, 0.05) is 19.5 Å². The van der Waals surface area contributed by atoms with Crippen LogP contribution in [0.15, 0.2) is 0 Å². The molecule has 1 fully saturated rings. The number of carbonyl (C=O) groups excluding carboxylic acids is 1. The molecule has 116 valence electrons. The summed E-state index contributed by atoms with van der Waals surface area (Å²) in [5, 5.41) is 17.5. The molecule has 0 spiro atoms. The van der Waals surface area contributed by atoms with Crippen molar-refractivity contribution in [3.63, 3.8) is 0 Å². The van der Waals surface area contributed by atoms with E-state index in [0.717, 1.165) is 12.8 Å². The number of carboxylic acid groups (broad SMARTS) is 1. The molecule has 1 aliphatic heterocycles. The summed E-state index contributed by atoms with van der Waals surface area (Å²) in [7, 11) is 0. The van der Waals surface area contributed by atoms with Crippen LogP contribution in [0.1, 0.15) is 39.5 Å². The largest absolute Gasteiger partial charge is 0.481 e. The number of rotatable bonds is 7. The number of aliphatic carboxylic acids is 1. The first-order valence-corrected chi connectivity index (χ1v) is 7.06. The highest BCUT2D eigenvalue weighted by Crippen LogP contribution is 2.27. The Hall–Kier alpha value is -1.14. The van der Waals surface area contributed by atoms with Crippen LogP contribution >= 0.6 is 0 Å². The van der Waals surface area contributed by atoms with Crippen molar-refractivity contribution in [2.75, 3.05) is 26.3 Å². The molecule has 0 unspecified atom stereocenters. The first kappa shape index (κ1) is 16.9. The maximum Gasteiger partial charge on any atom is 0.303 e. The standard InChI is InChI=1S/C14H25NO5/c1-14(2,10-13(18)19)9-12(17)15-5-3-11(4-6-15)20-8-7-16/h11,16H,3-10H2,1-2H3,(H,18,19). The average molecular weight is 287 g/mol. The van der Waals surface area contributed by atoms with E-state index in [9.17, 15) is 9.59 Å². The number of nitrogens with zero attached hydrogens (tertiary/aromatic N) is 1. The molecule has 2 N–H and O–H groups in total. The van der Waals surface area contributed by atoms with Crippen LogP contribution < -0.4 is 0 Å². The number of aliphatic hydroxyl groups is 1. The number of amides is 1. The molecule has 6 nitrogen and oxygen atoms in total. The Balaban J connectivity index is 2.37. The van der Waals surface area contributed by atoms with Crippen LogP contribution in [0.4, 0.5) is 0 Å². The number of piperidine rings is 1. The summed E-state index contributed by atoms with van der Waals surface area (Å²) in [4.78, 5) is 24.7. The summed E-state index contributed by atoms with van der Waals surface area (Å²) in [6, 6.07) is 0. The second kappa shape index (κ2) is 7.59. The van der Waals surface area contributed by atoms with Gasteiger partial charge in [-0.3, -0.25) is 9.59 Å². The number of carboxylic acids is 1. The molecule has 0 atom stereocenters. The molecule has 0 saturated carbocycles. The number of hydrogen-bond donors (Lipinski definition) is 2. The zero-order valence-corrected chi connectivity index (χ0v) is 12.3. The van der Waals surface area contributed by atoms with Crippen molar-refractivity contribution < 1.29 is 24.5 Å². The summed E-state index contributed by atoms with van der Waals surface area (Å²) in [6.07, 6.45) is 1.89. The second-order valence-corrected chi connectivity index (χ2v) is 6.09. The molecule has 0 aromatic heterocycles. The van der Waals surface area contributed by atoms with Gasteiger partial charge in [0.2, 0.25) is 5.91 Å². The van der Waals surface area contributed by atoms with Crippen molar-refractivity contribution in [1.82, 2.24) is 4.90 Å². The van der Waals surface area contributed by atoms with Crippen LogP contribution in [-0.2, 0) is 14.3 Å². The molecule has 1 aliphatic rings. The van der Waals surface area contributed by atoms with Crippen LogP contribution in [0, 0.1) is 5.41 Å². The molecule has 0 radical (unpaired) electrons. The Kier molecular flexibility index (Phi) is 6.42. The van der Waals surface area contributed by atoms with Gasteiger partial charge >= 0.3 is 5.97 Å². The van der Waals surface area contributed by atoms with Gasteiger partial charge in [0.25, 0.3) is 0 Å². The first-order valence-electron chi connectivity index (χ1n) is 7.06. The molecule has 0 aliphatic carbocycles. The highest BCUT2D eigenvalue weighted by Gasteiger charge is 2.29.